The van der Waals surface area contributed by atoms with Gasteiger partial charge in [-0.15, -0.1) is 0 Å². The summed E-state index contributed by atoms with van der Waals surface area (Å²) >= 11 is 2.25. The lowest BCUT2D eigenvalue weighted by atomic mass is 9.96. The number of halogens is 1. The van der Waals surface area contributed by atoms with Gasteiger partial charge in [0, 0.05) is 9.99 Å². The molecule has 0 atom stereocenters. The molecule has 1 N–H and O–H groups in total. The van der Waals surface area contributed by atoms with Crippen molar-refractivity contribution in [2.45, 2.75) is 25.9 Å². The molecule has 0 spiro atoms. The average molecular weight is 497 g/mol. The molecule has 4 heteroatoms. The Morgan fingerprint density at radius 2 is 1.69 bits per heavy atom. The number of hydrogen-bond donors (Lipinski definition) is 1. The molecule has 0 aliphatic carbocycles. The summed E-state index contributed by atoms with van der Waals surface area (Å²) < 4.78 is 7.09. The van der Waals surface area contributed by atoms with E-state index in [9.17, 15) is 4.79 Å². The summed E-state index contributed by atoms with van der Waals surface area (Å²) in [5.41, 5.74) is 5.57. The lowest BCUT2D eigenvalue weighted by molar-refractivity contribution is 0.0988. The van der Waals surface area contributed by atoms with Crippen molar-refractivity contribution < 1.29 is 9.53 Å². The maximum Gasteiger partial charge on any atom is 0.170 e. The number of ketones is 1. The van der Waals surface area contributed by atoms with Crippen molar-refractivity contribution in [3.05, 3.63) is 98.1 Å². The number of benzene rings is 3. The van der Waals surface area contributed by atoms with Crippen LogP contribution in [-0.4, -0.2) is 18.9 Å². The van der Waals surface area contributed by atoms with E-state index in [0.29, 0.717) is 24.3 Å². The quantitative estimate of drug-likeness (QED) is 0.386. The van der Waals surface area contributed by atoms with Crippen LogP contribution >= 0.6 is 22.6 Å². The van der Waals surface area contributed by atoms with Crippen molar-refractivity contribution in [1.29, 1.82) is 0 Å². The number of carbonyl (C=O) groups excluding carboxylic acids is 1. The molecule has 0 saturated carbocycles. The monoisotopic (exact) mass is 497 g/mol. The van der Waals surface area contributed by atoms with Crippen molar-refractivity contribution in [3.8, 4) is 5.75 Å². The van der Waals surface area contributed by atoms with E-state index in [0.717, 1.165) is 40.6 Å². The van der Waals surface area contributed by atoms with Gasteiger partial charge in [0.1, 0.15) is 12.4 Å². The summed E-state index contributed by atoms with van der Waals surface area (Å²) in [5, 5.41) is 3.44. The van der Waals surface area contributed by atoms with Gasteiger partial charge >= 0.3 is 0 Å². The summed E-state index contributed by atoms with van der Waals surface area (Å²) in [4.78, 5) is 13.1. The van der Waals surface area contributed by atoms with Gasteiger partial charge in [0.15, 0.2) is 5.78 Å². The predicted molar refractivity (Wildman–Crippen MR) is 125 cm³/mol. The summed E-state index contributed by atoms with van der Waals surface area (Å²) in [6, 6.07) is 22.3. The maximum atomic E-state index is 13.1. The van der Waals surface area contributed by atoms with Crippen LogP contribution in [0.25, 0.3) is 0 Å². The molecule has 3 aromatic rings. The Bertz CT molecular complexity index is 1000. The number of nitrogens with one attached hydrogen (secondary N) is 1. The fraction of sp³-hybridized carbons (Fsp3) is 0.240. The highest BCUT2D eigenvalue weighted by atomic mass is 127. The maximum absolute atomic E-state index is 13.1. The zero-order valence-electron chi connectivity index (χ0n) is 16.3. The number of rotatable bonds is 6. The normalized spacial score (nSPS) is 13.4. The fourth-order valence-electron chi connectivity index (χ4n) is 3.70. The van der Waals surface area contributed by atoms with E-state index in [-0.39, 0.29) is 5.78 Å². The van der Waals surface area contributed by atoms with Gasteiger partial charge in [-0.1, -0.05) is 48.5 Å². The summed E-state index contributed by atoms with van der Waals surface area (Å²) in [5.74, 6) is 0.751. The zero-order chi connectivity index (χ0) is 20.1. The molecule has 4 rings (SSSR count). The second kappa shape index (κ2) is 9.55. The molecule has 1 heterocycles. The largest absolute Gasteiger partial charge is 0.488 e. The van der Waals surface area contributed by atoms with Crippen LogP contribution in [0.1, 0.15) is 32.6 Å². The molecule has 0 bridgehead atoms. The van der Waals surface area contributed by atoms with E-state index < -0.39 is 0 Å². The SMILES string of the molecule is O=C(Cc1ccc2c(c1)CCNCC2)c1ccc(I)cc1OCc1ccccc1. The van der Waals surface area contributed by atoms with Gasteiger partial charge in [-0.25, -0.2) is 0 Å². The molecular weight excluding hydrogens is 473 g/mol. The van der Waals surface area contributed by atoms with Crippen molar-refractivity contribution in [1.82, 2.24) is 5.32 Å². The Labute approximate surface area is 185 Å². The highest BCUT2D eigenvalue weighted by Crippen LogP contribution is 2.25. The zero-order valence-corrected chi connectivity index (χ0v) is 18.4. The van der Waals surface area contributed by atoms with Crippen molar-refractivity contribution >= 4 is 28.4 Å². The minimum atomic E-state index is 0.0937. The topological polar surface area (TPSA) is 38.3 Å². The van der Waals surface area contributed by atoms with Gasteiger partial charge in [0.05, 0.1) is 5.56 Å². The first-order valence-electron chi connectivity index (χ1n) is 10.00. The average Bonchev–Trinajstić information content (AvgIpc) is 2.98. The molecule has 0 radical (unpaired) electrons. The molecule has 0 saturated heterocycles. The number of carbonyl (C=O) groups is 1. The first kappa shape index (κ1) is 20.1. The van der Waals surface area contributed by atoms with Gasteiger partial charge in [-0.2, -0.15) is 0 Å². The molecule has 148 valence electrons. The van der Waals surface area contributed by atoms with Crippen LogP contribution < -0.4 is 10.1 Å². The highest BCUT2D eigenvalue weighted by molar-refractivity contribution is 14.1. The molecule has 29 heavy (non-hydrogen) atoms. The van der Waals surface area contributed by atoms with Crippen LogP contribution in [-0.2, 0) is 25.9 Å². The predicted octanol–water partition coefficient (Wildman–Crippen LogP) is 4.98. The smallest absolute Gasteiger partial charge is 0.170 e. The molecule has 1 aliphatic heterocycles. The van der Waals surface area contributed by atoms with E-state index in [1.807, 2.05) is 48.5 Å². The van der Waals surface area contributed by atoms with Crippen LogP contribution in [0.2, 0.25) is 0 Å². The van der Waals surface area contributed by atoms with Crippen LogP contribution in [0.3, 0.4) is 0 Å². The van der Waals surface area contributed by atoms with Crippen LogP contribution in [0.5, 0.6) is 5.75 Å². The summed E-state index contributed by atoms with van der Waals surface area (Å²) in [7, 11) is 0. The molecule has 0 unspecified atom stereocenters. The van der Waals surface area contributed by atoms with Gasteiger partial charge in [-0.05, 0) is 89.0 Å². The van der Waals surface area contributed by atoms with E-state index in [1.54, 1.807) is 0 Å². The molecule has 0 aromatic heterocycles. The third-order valence-corrected chi connectivity index (χ3v) is 5.93. The van der Waals surface area contributed by atoms with Crippen LogP contribution in [0.4, 0.5) is 0 Å². The van der Waals surface area contributed by atoms with E-state index in [1.165, 1.54) is 11.1 Å². The summed E-state index contributed by atoms with van der Waals surface area (Å²) in [6.45, 7) is 2.47. The molecule has 1 aliphatic rings. The second-order valence-electron chi connectivity index (χ2n) is 7.37. The standard InChI is InChI=1S/C25H24INO2/c26-22-8-9-23(25(16-22)29-17-18-4-2-1-3-5-18)24(28)15-19-6-7-20-10-12-27-13-11-21(20)14-19/h1-9,14,16,27H,10-13,15,17H2. The van der Waals surface area contributed by atoms with E-state index in [4.69, 9.17) is 4.74 Å². The Hall–Kier alpha value is -2.18. The van der Waals surface area contributed by atoms with Crippen molar-refractivity contribution in [2.24, 2.45) is 0 Å². The van der Waals surface area contributed by atoms with Crippen LogP contribution in [0.15, 0.2) is 66.7 Å². The Morgan fingerprint density at radius 3 is 2.52 bits per heavy atom. The van der Waals surface area contributed by atoms with E-state index in [2.05, 4.69) is 46.1 Å². The number of Topliss-reactive ketones (excluding diaryl/α,β-unsaturated/α-hetero) is 1. The Kier molecular flexibility index (Phi) is 6.62. The van der Waals surface area contributed by atoms with Gasteiger partial charge in [0.2, 0.25) is 0 Å². The number of ether oxygens (including phenoxy) is 1. The molecule has 3 aromatic carbocycles. The molecule has 0 amide bonds. The second-order valence-corrected chi connectivity index (χ2v) is 8.61. The van der Waals surface area contributed by atoms with Crippen molar-refractivity contribution in [3.63, 3.8) is 0 Å². The summed E-state index contributed by atoms with van der Waals surface area (Å²) in [6.07, 6.45) is 2.47. The van der Waals surface area contributed by atoms with Crippen LogP contribution in [0, 0.1) is 3.57 Å². The number of hydrogen-bond acceptors (Lipinski definition) is 3. The first-order chi connectivity index (χ1) is 14.2. The molecule has 3 nitrogen and oxygen atoms in total. The van der Waals surface area contributed by atoms with Gasteiger partial charge in [-0.3, -0.25) is 4.79 Å². The highest BCUT2D eigenvalue weighted by Gasteiger charge is 2.16. The molecule has 0 fully saturated rings. The minimum Gasteiger partial charge on any atom is -0.488 e. The molecular formula is C25H24INO2. The van der Waals surface area contributed by atoms with Crippen molar-refractivity contribution in [2.75, 3.05) is 13.1 Å². The minimum absolute atomic E-state index is 0.0937. The Morgan fingerprint density at radius 1 is 0.897 bits per heavy atom. The third-order valence-electron chi connectivity index (χ3n) is 5.26. The van der Waals surface area contributed by atoms with Gasteiger partial charge in [0.25, 0.3) is 0 Å². The third kappa shape index (κ3) is 5.25. The first-order valence-corrected chi connectivity index (χ1v) is 11.1. The number of fused-ring (bicyclic) bond motifs is 1. The lowest BCUT2D eigenvalue weighted by Gasteiger charge is -2.13. The Balaban J connectivity index is 1.52. The fourth-order valence-corrected chi connectivity index (χ4v) is 4.16. The lowest BCUT2D eigenvalue weighted by Crippen LogP contribution is -2.16. The van der Waals surface area contributed by atoms with E-state index >= 15 is 0 Å². The van der Waals surface area contributed by atoms with Gasteiger partial charge < -0.3 is 10.1 Å².